The van der Waals surface area contributed by atoms with E-state index in [4.69, 9.17) is 0 Å². The van der Waals surface area contributed by atoms with E-state index in [1.807, 2.05) is 18.3 Å². The van der Waals surface area contributed by atoms with Gasteiger partial charge < -0.3 is 10.6 Å². The van der Waals surface area contributed by atoms with Gasteiger partial charge in [0.05, 0.1) is 4.47 Å². The molecule has 0 radical (unpaired) electrons. The van der Waals surface area contributed by atoms with E-state index in [9.17, 15) is 0 Å². The molecule has 1 saturated heterocycles. The van der Waals surface area contributed by atoms with Crippen molar-refractivity contribution in [3.05, 3.63) is 22.8 Å². The number of anilines is 1. The highest BCUT2D eigenvalue weighted by atomic mass is 79.9. The molecule has 0 amide bonds. The normalized spacial score (nSPS) is 21.3. The van der Waals surface area contributed by atoms with Crippen LogP contribution in [-0.2, 0) is 0 Å². The molecular weight excluding hydrogens is 254 g/mol. The second-order valence-electron chi connectivity index (χ2n) is 3.93. The van der Waals surface area contributed by atoms with Gasteiger partial charge in [-0.1, -0.05) is 0 Å². The highest BCUT2D eigenvalue weighted by molar-refractivity contribution is 9.10. The predicted octanol–water partition coefficient (Wildman–Crippen LogP) is 2.26. The molecule has 0 aromatic carbocycles. The smallest absolute Gasteiger partial charge is 0.140 e. The molecule has 2 N–H and O–H groups in total. The van der Waals surface area contributed by atoms with Crippen molar-refractivity contribution in [1.29, 1.82) is 0 Å². The molecule has 2 heterocycles. The third kappa shape index (κ3) is 3.18. The largest absolute Gasteiger partial charge is 0.369 e. The Morgan fingerprint density at radius 1 is 1.60 bits per heavy atom. The molecule has 3 nitrogen and oxygen atoms in total. The minimum absolute atomic E-state index is 0.729. The Balaban J connectivity index is 1.84. The summed E-state index contributed by atoms with van der Waals surface area (Å²) in [6.45, 7) is 3.30. The van der Waals surface area contributed by atoms with Crippen LogP contribution in [0.25, 0.3) is 0 Å². The lowest BCUT2D eigenvalue weighted by Crippen LogP contribution is -2.33. The van der Waals surface area contributed by atoms with Crippen molar-refractivity contribution < 1.29 is 0 Å². The molecule has 0 aliphatic carbocycles. The minimum atomic E-state index is 0.729. The first kappa shape index (κ1) is 10.9. The number of nitrogens with zero attached hydrogens (tertiary/aromatic N) is 1. The molecule has 15 heavy (non-hydrogen) atoms. The molecule has 0 bridgehead atoms. The molecular formula is C11H16BrN3. The SMILES string of the molecule is Brc1cccnc1NCC1CCCNC1. The summed E-state index contributed by atoms with van der Waals surface area (Å²) in [5.41, 5.74) is 0. The van der Waals surface area contributed by atoms with Crippen LogP contribution in [0, 0.1) is 5.92 Å². The average molecular weight is 270 g/mol. The van der Waals surface area contributed by atoms with Gasteiger partial charge in [0.15, 0.2) is 0 Å². The van der Waals surface area contributed by atoms with Gasteiger partial charge >= 0.3 is 0 Å². The maximum absolute atomic E-state index is 4.28. The number of hydrogen-bond donors (Lipinski definition) is 2. The van der Waals surface area contributed by atoms with Crippen molar-refractivity contribution in [1.82, 2.24) is 10.3 Å². The fraction of sp³-hybridized carbons (Fsp3) is 0.545. The Morgan fingerprint density at radius 3 is 3.27 bits per heavy atom. The quantitative estimate of drug-likeness (QED) is 0.884. The summed E-state index contributed by atoms with van der Waals surface area (Å²) in [6, 6.07) is 3.94. The zero-order chi connectivity index (χ0) is 10.5. The van der Waals surface area contributed by atoms with Gasteiger partial charge in [-0.2, -0.15) is 0 Å². The van der Waals surface area contributed by atoms with Crippen molar-refractivity contribution in [3.63, 3.8) is 0 Å². The molecule has 1 aliphatic rings. The zero-order valence-corrected chi connectivity index (χ0v) is 10.3. The predicted molar refractivity (Wildman–Crippen MR) is 66.0 cm³/mol. The first-order valence-electron chi connectivity index (χ1n) is 5.41. The number of halogens is 1. The number of hydrogen-bond acceptors (Lipinski definition) is 3. The van der Waals surface area contributed by atoms with Crippen LogP contribution in [0.1, 0.15) is 12.8 Å². The van der Waals surface area contributed by atoms with Crippen LogP contribution >= 0.6 is 15.9 Å². The lowest BCUT2D eigenvalue weighted by atomic mass is 10.00. The highest BCUT2D eigenvalue weighted by Gasteiger charge is 2.12. The first-order valence-corrected chi connectivity index (χ1v) is 6.20. The maximum Gasteiger partial charge on any atom is 0.140 e. The summed E-state index contributed by atoms with van der Waals surface area (Å²) in [7, 11) is 0. The van der Waals surface area contributed by atoms with Crippen LogP contribution in [0.5, 0.6) is 0 Å². The van der Waals surface area contributed by atoms with Gasteiger partial charge in [-0.3, -0.25) is 0 Å². The van der Waals surface area contributed by atoms with Gasteiger partial charge in [-0.15, -0.1) is 0 Å². The Labute approximate surface area is 98.8 Å². The molecule has 4 heteroatoms. The lowest BCUT2D eigenvalue weighted by Gasteiger charge is -2.23. The molecule has 1 unspecified atom stereocenters. The second kappa shape index (κ2) is 5.47. The van der Waals surface area contributed by atoms with Gasteiger partial charge in [0.25, 0.3) is 0 Å². The van der Waals surface area contributed by atoms with E-state index in [0.29, 0.717) is 0 Å². The van der Waals surface area contributed by atoms with Gasteiger partial charge in [0.2, 0.25) is 0 Å². The van der Waals surface area contributed by atoms with E-state index >= 15 is 0 Å². The number of nitrogens with one attached hydrogen (secondary N) is 2. The van der Waals surface area contributed by atoms with Crippen LogP contribution in [0.3, 0.4) is 0 Å². The van der Waals surface area contributed by atoms with Gasteiger partial charge in [0, 0.05) is 12.7 Å². The minimum Gasteiger partial charge on any atom is -0.369 e. The third-order valence-electron chi connectivity index (χ3n) is 2.72. The highest BCUT2D eigenvalue weighted by Crippen LogP contribution is 2.19. The molecule has 1 atom stereocenters. The van der Waals surface area contributed by atoms with E-state index in [-0.39, 0.29) is 0 Å². The van der Waals surface area contributed by atoms with Crippen molar-refractivity contribution in [2.45, 2.75) is 12.8 Å². The van der Waals surface area contributed by atoms with Crippen molar-refractivity contribution in [2.75, 3.05) is 25.0 Å². The monoisotopic (exact) mass is 269 g/mol. The van der Waals surface area contributed by atoms with E-state index in [1.54, 1.807) is 0 Å². The van der Waals surface area contributed by atoms with Crippen LogP contribution < -0.4 is 10.6 Å². The standard InChI is InChI=1S/C11H16BrN3/c12-10-4-2-6-14-11(10)15-8-9-3-1-5-13-7-9/h2,4,6,9,13H,1,3,5,7-8H2,(H,14,15). The van der Waals surface area contributed by atoms with Gasteiger partial charge in [0.1, 0.15) is 5.82 Å². The number of aromatic nitrogens is 1. The molecule has 0 spiro atoms. The van der Waals surface area contributed by atoms with Gasteiger partial charge in [-0.25, -0.2) is 4.98 Å². The molecule has 2 rings (SSSR count). The summed E-state index contributed by atoms with van der Waals surface area (Å²) in [6.07, 6.45) is 4.41. The first-order chi connectivity index (χ1) is 7.36. The van der Waals surface area contributed by atoms with E-state index in [0.717, 1.165) is 29.3 Å². The Morgan fingerprint density at radius 2 is 2.53 bits per heavy atom. The molecule has 1 aromatic rings. The van der Waals surface area contributed by atoms with E-state index in [1.165, 1.54) is 19.4 Å². The number of pyridine rings is 1. The van der Waals surface area contributed by atoms with E-state index < -0.39 is 0 Å². The number of rotatable bonds is 3. The summed E-state index contributed by atoms with van der Waals surface area (Å²) in [5, 5.41) is 6.80. The average Bonchev–Trinajstić information content (AvgIpc) is 2.29. The Bertz CT molecular complexity index is 310. The lowest BCUT2D eigenvalue weighted by molar-refractivity contribution is 0.392. The zero-order valence-electron chi connectivity index (χ0n) is 8.67. The van der Waals surface area contributed by atoms with Crippen LogP contribution in [0.15, 0.2) is 22.8 Å². The molecule has 1 aromatic heterocycles. The summed E-state index contributed by atoms with van der Waals surface area (Å²) < 4.78 is 1.04. The fourth-order valence-electron chi connectivity index (χ4n) is 1.85. The summed E-state index contributed by atoms with van der Waals surface area (Å²) in [4.78, 5) is 4.28. The number of piperidine rings is 1. The van der Waals surface area contributed by atoms with Crippen LogP contribution in [0.4, 0.5) is 5.82 Å². The Hall–Kier alpha value is -0.610. The molecule has 1 aliphatic heterocycles. The molecule has 82 valence electrons. The molecule has 0 saturated carbocycles. The summed E-state index contributed by atoms with van der Waals surface area (Å²) >= 11 is 3.48. The van der Waals surface area contributed by atoms with Crippen LogP contribution in [0.2, 0.25) is 0 Å². The van der Waals surface area contributed by atoms with Crippen molar-refractivity contribution in [2.24, 2.45) is 5.92 Å². The fourth-order valence-corrected chi connectivity index (χ4v) is 2.25. The Kier molecular flexibility index (Phi) is 3.97. The maximum atomic E-state index is 4.28. The summed E-state index contributed by atoms with van der Waals surface area (Å²) in [5.74, 6) is 1.68. The van der Waals surface area contributed by atoms with Crippen molar-refractivity contribution >= 4 is 21.7 Å². The molecule has 1 fully saturated rings. The van der Waals surface area contributed by atoms with Crippen molar-refractivity contribution in [3.8, 4) is 0 Å². The van der Waals surface area contributed by atoms with Crippen LogP contribution in [-0.4, -0.2) is 24.6 Å². The van der Waals surface area contributed by atoms with E-state index in [2.05, 4.69) is 31.5 Å². The second-order valence-corrected chi connectivity index (χ2v) is 4.78. The third-order valence-corrected chi connectivity index (χ3v) is 3.36. The topological polar surface area (TPSA) is 37.0 Å². The van der Waals surface area contributed by atoms with Gasteiger partial charge in [-0.05, 0) is 59.9 Å².